The lowest BCUT2D eigenvalue weighted by Gasteiger charge is -2.23. The van der Waals surface area contributed by atoms with Crippen LogP contribution >= 0.6 is 0 Å². The molecule has 0 amide bonds. The normalized spacial score (nSPS) is 19.9. The predicted octanol–water partition coefficient (Wildman–Crippen LogP) is 2.04. The minimum absolute atomic E-state index is 0.694. The Morgan fingerprint density at radius 3 is 3.17 bits per heavy atom. The van der Waals surface area contributed by atoms with E-state index in [0.29, 0.717) is 5.92 Å². The highest BCUT2D eigenvalue weighted by Gasteiger charge is 2.13. The molecule has 18 heavy (non-hydrogen) atoms. The molecule has 94 valence electrons. The van der Waals surface area contributed by atoms with Gasteiger partial charge in [-0.2, -0.15) is 5.10 Å². The lowest BCUT2D eigenvalue weighted by Crippen LogP contribution is -2.33. The van der Waals surface area contributed by atoms with Crippen LogP contribution < -0.4 is 10.6 Å². The molecule has 3 rings (SSSR count). The molecule has 4 nitrogen and oxygen atoms in total. The third-order valence-corrected chi connectivity index (χ3v) is 3.53. The summed E-state index contributed by atoms with van der Waals surface area (Å²) in [6.45, 7) is 3.23. The van der Waals surface area contributed by atoms with E-state index in [2.05, 4.69) is 33.0 Å². The summed E-state index contributed by atoms with van der Waals surface area (Å²) >= 11 is 0. The highest BCUT2D eigenvalue weighted by Crippen LogP contribution is 2.20. The van der Waals surface area contributed by atoms with Gasteiger partial charge in [0, 0.05) is 17.3 Å². The van der Waals surface area contributed by atoms with Crippen molar-refractivity contribution < 1.29 is 0 Å². The van der Waals surface area contributed by atoms with Gasteiger partial charge in [-0.25, -0.2) is 0 Å². The van der Waals surface area contributed by atoms with Crippen molar-refractivity contribution in [3.05, 3.63) is 30.5 Å². The molecule has 0 aliphatic carbocycles. The molecule has 1 aromatic heterocycles. The second-order valence-electron chi connectivity index (χ2n) is 4.87. The first-order valence-corrected chi connectivity index (χ1v) is 6.58. The number of rotatable bonds is 3. The van der Waals surface area contributed by atoms with Gasteiger partial charge < -0.3 is 10.6 Å². The standard InChI is InChI=1S/C14H18N4/c1-2-6-13-12(5-1)10-17-18-14(13)16-9-11-4-3-7-15-8-11/h1-2,5-6,10-11,15H,3-4,7-9H2,(H,16,18). The molecule has 1 fully saturated rings. The zero-order chi connectivity index (χ0) is 12.2. The van der Waals surface area contributed by atoms with Gasteiger partial charge in [0.1, 0.15) is 0 Å². The topological polar surface area (TPSA) is 49.8 Å². The first kappa shape index (κ1) is 11.4. The lowest BCUT2D eigenvalue weighted by molar-refractivity contribution is 0.392. The van der Waals surface area contributed by atoms with E-state index in [0.717, 1.165) is 36.2 Å². The Morgan fingerprint density at radius 1 is 1.33 bits per heavy atom. The Bertz CT molecular complexity index is 515. The van der Waals surface area contributed by atoms with E-state index in [9.17, 15) is 0 Å². The van der Waals surface area contributed by atoms with Crippen LogP contribution in [-0.4, -0.2) is 29.8 Å². The number of piperidine rings is 1. The average Bonchev–Trinajstić information content (AvgIpc) is 2.46. The summed E-state index contributed by atoms with van der Waals surface area (Å²) in [6, 6.07) is 8.22. The second-order valence-corrected chi connectivity index (χ2v) is 4.87. The third-order valence-electron chi connectivity index (χ3n) is 3.53. The fourth-order valence-electron chi connectivity index (χ4n) is 2.50. The van der Waals surface area contributed by atoms with Gasteiger partial charge >= 0.3 is 0 Å². The van der Waals surface area contributed by atoms with Crippen LogP contribution in [0.15, 0.2) is 30.5 Å². The molecule has 1 unspecified atom stereocenters. The van der Waals surface area contributed by atoms with E-state index in [1.54, 1.807) is 0 Å². The molecule has 1 aromatic carbocycles. The van der Waals surface area contributed by atoms with Gasteiger partial charge in [0.05, 0.1) is 6.20 Å². The van der Waals surface area contributed by atoms with Crippen molar-refractivity contribution in [1.82, 2.24) is 15.5 Å². The van der Waals surface area contributed by atoms with E-state index in [1.807, 2.05) is 18.3 Å². The number of nitrogens with zero attached hydrogens (tertiary/aromatic N) is 2. The zero-order valence-electron chi connectivity index (χ0n) is 10.4. The second kappa shape index (κ2) is 5.31. The number of anilines is 1. The summed E-state index contributed by atoms with van der Waals surface area (Å²) in [6.07, 6.45) is 4.37. The Balaban J connectivity index is 1.74. The molecule has 0 saturated carbocycles. The number of aromatic nitrogens is 2. The van der Waals surface area contributed by atoms with Gasteiger partial charge in [-0.15, -0.1) is 5.10 Å². The molecule has 1 aliphatic rings. The van der Waals surface area contributed by atoms with E-state index in [-0.39, 0.29) is 0 Å². The molecular weight excluding hydrogens is 224 g/mol. The SMILES string of the molecule is c1ccc2c(NCC3CCCNC3)nncc2c1. The van der Waals surface area contributed by atoms with E-state index in [1.165, 1.54) is 12.8 Å². The first-order valence-electron chi connectivity index (χ1n) is 6.58. The van der Waals surface area contributed by atoms with Crippen LogP contribution in [0.25, 0.3) is 10.8 Å². The average molecular weight is 242 g/mol. The molecule has 2 heterocycles. The Labute approximate surface area is 107 Å². The molecule has 0 spiro atoms. The van der Waals surface area contributed by atoms with Crippen LogP contribution in [0, 0.1) is 5.92 Å². The smallest absolute Gasteiger partial charge is 0.156 e. The maximum absolute atomic E-state index is 4.21. The predicted molar refractivity (Wildman–Crippen MR) is 73.6 cm³/mol. The van der Waals surface area contributed by atoms with Crippen molar-refractivity contribution in [2.45, 2.75) is 12.8 Å². The first-order chi connectivity index (χ1) is 8.93. The van der Waals surface area contributed by atoms with Crippen molar-refractivity contribution in [1.29, 1.82) is 0 Å². The summed E-state index contributed by atoms with van der Waals surface area (Å²) in [5.41, 5.74) is 0. The van der Waals surface area contributed by atoms with Gasteiger partial charge in [0.2, 0.25) is 0 Å². The van der Waals surface area contributed by atoms with E-state index in [4.69, 9.17) is 0 Å². The van der Waals surface area contributed by atoms with Crippen molar-refractivity contribution in [3.63, 3.8) is 0 Å². The zero-order valence-corrected chi connectivity index (χ0v) is 10.4. The Hall–Kier alpha value is -1.68. The van der Waals surface area contributed by atoms with Gasteiger partial charge in [-0.1, -0.05) is 24.3 Å². The number of hydrogen-bond acceptors (Lipinski definition) is 4. The Kier molecular flexibility index (Phi) is 3.37. The quantitative estimate of drug-likeness (QED) is 0.865. The van der Waals surface area contributed by atoms with Crippen LogP contribution in [0.5, 0.6) is 0 Å². The van der Waals surface area contributed by atoms with Gasteiger partial charge in [0.25, 0.3) is 0 Å². The molecule has 1 saturated heterocycles. The van der Waals surface area contributed by atoms with Crippen LogP contribution in [0.4, 0.5) is 5.82 Å². The molecule has 0 bridgehead atoms. The van der Waals surface area contributed by atoms with Crippen LogP contribution in [0.2, 0.25) is 0 Å². The minimum Gasteiger partial charge on any atom is -0.368 e. The third kappa shape index (κ3) is 2.43. The van der Waals surface area contributed by atoms with E-state index >= 15 is 0 Å². The minimum atomic E-state index is 0.694. The highest BCUT2D eigenvalue weighted by molar-refractivity contribution is 5.90. The monoisotopic (exact) mass is 242 g/mol. The fourth-order valence-corrected chi connectivity index (χ4v) is 2.50. The maximum atomic E-state index is 4.21. The van der Waals surface area contributed by atoms with Crippen LogP contribution in [0.1, 0.15) is 12.8 Å². The van der Waals surface area contributed by atoms with Crippen molar-refractivity contribution in [2.75, 3.05) is 25.0 Å². The van der Waals surface area contributed by atoms with Gasteiger partial charge in [-0.05, 0) is 31.8 Å². The van der Waals surface area contributed by atoms with Gasteiger partial charge in [0.15, 0.2) is 5.82 Å². The number of nitrogens with one attached hydrogen (secondary N) is 2. The maximum Gasteiger partial charge on any atom is 0.156 e. The Morgan fingerprint density at radius 2 is 2.28 bits per heavy atom. The van der Waals surface area contributed by atoms with Crippen molar-refractivity contribution in [3.8, 4) is 0 Å². The lowest BCUT2D eigenvalue weighted by atomic mass is 10.00. The summed E-state index contributed by atoms with van der Waals surface area (Å²) < 4.78 is 0. The largest absolute Gasteiger partial charge is 0.368 e. The molecule has 1 atom stereocenters. The number of hydrogen-bond donors (Lipinski definition) is 2. The molecule has 1 aliphatic heterocycles. The summed E-state index contributed by atoms with van der Waals surface area (Å²) in [5.74, 6) is 1.60. The molecule has 2 N–H and O–H groups in total. The van der Waals surface area contributed by atoms with Crippen LogP contribution in [-0.2, 0) is 0 Å². The number of fused-ring (bicyclic) bond motifs is 1. The number of benzene rings is 1. The molecular formula is C14H18N4. The summed E-state index contributed by atoms with van der Waals surface area (Å²) in [5, 5.41) is 17.4. The summed E-state index contributed by atoms with van der Waals surface area (Å²) in [4.78, 5) is 0. The fraction of sp³-hybridized carbons (Fsp3) is 0.429. The van der Waals surface area contributed by atoms with Crippen LogP contribution in [0.3, 0.4) is 0 Å². The van der Waals surface area contributed by atoms with Crippen molar-refractivity contribution >= 4 is 16.6 Å². The summed E-state index contributed by atoms with van der Waals surface area (Å²) in [7, 11) is 0. The van der Waals surface area contributed by atoms with Gasteiger partial charge in [-0.3, -0.25) is 0 Å². The molecule has 2 aromatic rings. The molecule has 0 radical (unpaired) electrons. The van der Waals surface area contributed by atoms with E-state index < -0.39 is 0 Å². The highest BCUT2D eigenvalue weighted by atomic mass is 15.2. The van der Waals surface area contributed by atoms with Crippen molar-refractivity contribution in [2.24, 2.45) is 5.92 Å². The molecule has 4 heteroatoms.